The predicted octanol–water partition coefficient (Wildman–Crippen LogP) is 1.94. The molecule has 1 heterocycles. The third kappa shape index (κ3) is 7.84. The number of hydrogen-bond donors (Lipinski definition) is 3. The van der Waals surface area contributed by atoms with E-state index in [9.17, 15) is 19.2 Å². The van der Waals surface area contributed by atoms with E-state index < -0.39 is 12.0 Å². The normalized spacial score (nSPS) is 15.3. The molecule has 0 aliphatic carbocycles. The maximum absolute atomic E-state index is 12.8. The Morgan fingerprint density at radius 1 is 1.09 bits per heavy atom. The SMILES string of the molecule is CC(C)COC(=O)CC1C(=O)NCCN1C(=O)CNc1ccc(C(=O)NCc2ccccc2)cc1. The highest BCUT2D eigenvalue weighted by molar-refractivity contribution is 5.95. The fraction of sp³-hybridized carbons (Fsp3) is 0.385. The minimum absolute atomic E-state index is 0.0512. The van der Waals surface area contributed by atoms with Crippen molar-refractivity contribution in [3.05, 3.63) is 65.7 Å². The monoisotopic (exact) mass is 480 g/mol. The molecule has 1 fully saturated rings. The van der Waals surface area contributed by atoms with Crippen LogP contribution in [0.3, 0.4) is 0 Å². The lowest BCUT2D eigenvalue weighted by Crippen LogP contribution is -2.58. The van der Waals surface area contributed by atoms with Crippen molar-refractivity contribution in [1.29, 1.82) is 0 Å². The van der Waals surface area contributed by atoms with Crippen LogP contribution in [0, 0.1) is 5.92 Å². The first-order valence-corrected chi connectivity index (χ1v) is 11.7. The van der Waals surface area contributed by atoms with Crippen molar-refractivity contribution in [3.63, 3.8) is 0 Å². The van der Waals surface area contributed by atoms with Crippen LogP contribution >= 0.6 is 0 Å². The molecule has 1 atom stereocenters. The molecule has 1 unspecified atom stereocenters. The summed E-state index contributed by atoms with van der Waals surface area (Å²) in [5.74, 6) is -1.18. The number of hydrogen-bond acceptors (Lipinski definition) is 6. The number of piperazine rings is 1. The van der Waals surface area contributed by atoms with Crippen LogP contribution in [0.2, 0.25) is 0 Å². The van der Waals surface area contributed by atoms with E-state index >= 15 is 0 Å². The van der Waals surface area contributed by atoms with E-state index in [1.165, 1.54) is 4.90 Å². The molecule has 2 aromatic carbocycles. The lowest BCUT2D eigenvalue weighted by atomic mass is 10.1. The third-order valence-electron chi connectivity index (χ3n) is 5.48. The highest BCUT2D eigenvalue weighted by Gasteiger charge is 2.35. The van der Waals surface area contributed by atoms with Crippen LogP contribution in [0.15, 0.2) is 54.6 Å². The first-order chi connectivity index (χ1) is 16.8. The Labute approximate surface area is 205 Å². The van der Waals surface area contributed by atoms with Gasteiger partial charge in [-0.3, -0.25) is 19.2 Å². The summed E-state index contributed by atoms with van der Waals surface area (Å²) in [6, 6.07) is 15.5. The summed E-state index contributed by atoms with van der Waals surface area (Å²) < 4.78 is 5.18. The fourth-order valence-electron chi connectivity index (χ4n) is 3.59. The summed E-state index contributed by atoms with van der Waals surface area (Å²) in [5, 5.41) is 8.60. The van der Waals surface area contributed by atoms with Crippen LogP contribution in [0.4, 0.5) is 5.69 Å². The molecule has 3 amide bonds. The van der Waals surface area contributed by atoms with Crippen LogP contribution in [-0.4, -0.2) is 60.9 Å². The van der Waals surface area contributed by atoms with Crippen molar-refractivity contribution in [2.24, 2.45) is 5.92 Å². The highest BCUT2D eigenvalue weighted by atomic mass is 16.5. The Kier molecular flexibility index (Phi) is 9.23. The summed E-state index contributed by atoms with van der Waals surface area (Å²) in [6.07, 6.45) is -0.183. The smallest absolute Gasteiger partial charge is 0.308 e. The van der Waals surface area contributed by atoms with Gasteiger partial charge in [0.15, 0.2) is 0 Å². The molecule has 1 aliphatic heterocycles. The molecule has 2 aromatic rings. The summed E-state index contributed by atoms with van der Waals surface area (Å²) in [6.45, 7) is 5.14. The van der Waals surface area contributed by atoms with Gasteiger partial charge in [-0.1, -0.05) is 44.2 Å². The van der Waals surface area contributed by atoms with Crippen LogP contribution < -0.4 is 16.0 Å². The number of nitrogens with zero attached hydrogens (tertiary/aromatic N) is 1. The van der Waals surface area contributed by atoms with Crippen molar-refractivity contribution < 1.29 is 23.9 Å². The zero-order valence-corrected chi connectivity index (χ0v) is 20.1. The molecule has 186 valence electrons. The summed E-state index contributed by atoms with van der Waals surface area (Å²) in [5.41, 5.74) is 2.17. The second-order valence-corrected chi connectivity index (χ2v) is 8.77. The first kappa shape index (κ1) is 25.7. The molecule has 0 spiro atoms. The van der Waals surface area contributed by atoms with E-state index in [1.54, 1.807) is 24.3 Å². The number of carbonyl (C=O) groups excluding carboxylic acids is 4. The Balaban J connectivity index is 1.51. The van der Waals surface area contributed by atoms with Gasteiger partial charge in [0.1, 0.15) is 6.04 Å². The molecule has 3 rings (SSSR count). The number of rotatable bonds is 10. The molecule has 0 saturated carbocycles. The predicted molar refractivity (Wildman–Crippen MR) is 131 cm³/mol. The quantitative estimate of drug-likeness (QED) is 0.448. The summed E-state index contributed by atoms with van der Waals surface area (Å²) in [7, 11) is 0. The topological polar surface area (TPSA) is 117 Å². The number of amides is 3. The molecule has 1 aliphatic rings. The Bertz CT molecular complexity index is 1020. The minimum atomic E-state index is -0.895. The van der Waals surface area contributed by atoms with E-state index in [-0.39, 0.29) is 43.2 Å². The zero-order valence-electron chi connectivity index (χ0n) is 20.1. The Morgan fingerprint density at radius 2 is 1.80 bits per heavy atom. The minimum Gasteiger partial charge on any atom is -0.465 e. The number of anilines is 1. The van der Waals surface area contributed by atoms with Gasteiger partial charge in [0, 0.05) is 30.9 Å². The lowest BCUT2D eigenvalue weighted by Gasteiger charge is -2.34. The van der Waals surface area contributed by atoms with Gasteiger partial charge in [-0.2, -0.15) is 0 Å². The van der Waals surface area contributed by atoms with Crippen LogP contribution in [0.25, 0.3) is 0 Å². The van der Waals surface area contributed by atoms with Crippen LogP contribution in [0.5, 0.6) is 0 Å². The van der Waals surface area contributed by atoms with Gasteiger partial charge >= 0.3 is 5.97 Å². The van der Waals surface area contributed by atoms with E-state index in [0.29, 0.717) is 30.9 Å². The van der Waals surface area contributed by atoms with Crippen LogP contribution in [-0.2, 0) is 25.7 Å². The summed E-state index contributed by atoms with van der Waals surface area (Å²) in [4.78, 5) is 51.1. The van der Waals surface area contributed by atoms with Crippen molar-refractivity contribution in [2.75, 3.05) is 31.6 Å². The van der Waals surface area contributed by atoms with Gasteiger partial charge < -0.3 is 25.6 Å². The number of carbonyl (C=O) groups is 4. The molecule has 0 aromatic heterocycles. The van der Waals surface area contributed by atoms with Crippen molar-refractivity contribution in [3.8, 4) is 0 Å². The van der Waals surface area contributed by atoms with Crippen molar-refractivity contribution >= 4 is 29.4 Å². The maximum Gasteiger partial charge on any atom is 0.308 e. The molecule has 0 radical (unpaired) electrons. The second-order valence-electron chi connectivity index (χ2n) is 8.77. The van der Waals surface area contributed by atoms with Gasteiger partial charge in [-0.05, 0) is 35.7 Å². The molecule has 0 bridgehead atoms. The van der Waals surface area contributed by atoms with E-state index in [0.717, 1.165) is 5.56 Å². The van der Waals surface area contributed by atoms with Gasteiger partial charge in [-0.25, -0.2) is 0 Å². The highest BCUT2D eigenvalue weighted by Crippen LogP contribution is 2.13. The first-order valence-electron chi connectivity index (χ1n) is 11.7. The number of nitrogens with one attached hydrogen (secondary N) is 3. The third-order valence-corrected chi connectivity index (χ3v) is 5.48. The standard InChI is InChI=1S/C26H32N4O5/c1-18(2)17-35-24(32)14-22-26(34)27-12-13-30(22)23(31)16-28-21-10-8-20(9-11-21)25(33)29-15-19-6-4-3-5-7-19/h3-11,18,22,28H,12-17H2,1-2H3,(H,27,34)(H,29,33). The van der Waals surface area contributed by atoms with Crippen molar-refractivity contribution in [2.45, 2.75) is 32.9 Å². The number of esters is 1. The van der Waals surface area contributed by atoms with Crippen LogP contribution in [0.1, 0.15) is 36.2 Å². The van der Waals surface area contributed by atoms with E-state index in [4.69, 9.17) is 4.74 Å². The number of benzene rings is 2. The molecular formula is C26H32N4O5. The number of ether oxygens (including phenoxy) is 1. The lowest BCUT2D eigenvalue weighted by molar-refractivity contribution is -0.152. The molecule has 35 heavy (non-hydrogen) atoms. The Morgan fingerprint density at radius 3 is 2.49 bits per heavy atom. The Hall–Kier alpha value is -3.88. The molecule has 9 heteroatoms. The van der Waals surface area contributed by atoms with Gasteiger partial charge in [0.05, 0.1) is 19.6 Å². The zero-order chi connectivity index (χ0) is 25.2. The molecule has 3 N–H and O–H groups in total. The summed E-state index contributed by atoms with van der Waals surface area (Å²) >= 11 is 0. The largest absolute Gasteiger partial charge is 0.465 e. The molecular weight excluding hydrogens is 448 g/mol. The van der Waals surface area contributed by atoms with E-state index in [2.05, 4.69) is 16.0 Å². The fourth-order valence-corrected chi connectivity index (χ4v) is 3.59. The average molecular weight is 481 g/mol. The molecule has 1 saturated heterocycles. The average Bonchev–Trinajstić information content (AvgIpc) is 2.86. The maximum atomic E-state index is 12.8. The van der Waals surface area contributed by atoms with Gasteiger partial charge in [0.2, 0.25) is 11.8 Å². The van der Waals surface area contributed by atoms with Crippen molar-refractivity contribution in [1.82, 2.24) is 15.5 Å². The van der Waals surface area contributed by atoms with Gasteiger partial charge in [0.25, 0.3) is 5.91 Å². The van der Waals surface area contributed by atoms with E-state index in [1.807, 2.05) is 44.2 Å². The second kappa shape index (κ2) is 12.5. The molecule has 9 nitrogen and oxygen atoms in total. The van der Waals surface area contributed by atoms with Gasteiger partial charge in [-0.15, -0.1) is 0 Å².